The Bertz CT molecular complexity index is 333. The van der Waals surface area contributed by atoms with Crippen molar-refractivity contribution >= 4 is 12.1 Å². The van der Waals surface area contributed by atoms with Crippen LogP contribution >= 0.6 is 0 Å². The van der Waals surface area contributed by atoms with Gasteiger partial charge in [-0.15, -0.1) is 0 Å². The number of rotatable bonds is 5. The minimum atomic E-state index is -0.631. The van der Waals surface area contributed by atoms with Crippen molar-refractivity contribution in [1.82, 2.24) is 4.90 Å². The van der Waals surface area contributed by atoms with Crippen LogP contribution in [0.2, 0.25) is 0 Å². The number of aldehydes is 1. The molecule has 3 nitrogen and oxygen atoms in total. The van der Waals surface area contributed by atoms with Crippen LogP contribution in [0.1, 0.15) is 11.5 Å². The minimum absolute atomic E-state index is 0.0683. The maximum atomic E-state index is 11.7. The molecule has 3 heteroatoms. The van der Waals surface area contributed by atoms with Gasteiger partial charge < -0.3 is 9.69 Å². The predicted molar refractivity (Wildman–Crippen MR) is 58.8 cm³/mol. The van der Waals surface area contributed by atoms with Gasteiger partial charge in [-0.25, -0.2) is 0 Å². The number of carbonyl (C=O) groups excluding carboxylic acids is 2. The summed E-state index contributed by atoms with van der Waals surface area (Å²) >= 11 is 0. The fraction of sp³-hybridized carbons (Fsp3) is 0.333. The number of benzene rings is 1. The molecule has 0 saturated carbocycles. The van der Waals surface area contributed by atoms with Gasteiger partial charge in [-0.3, -0.25) is 4.79 Å². The molecule has 80 valence electrons. The predicted octanol–water partition coefficient (Wildman–Crippen LogP) is 1.10. The first-order valence-electron chi connectivity index (χ1n) is 4.83. The SMILES string of the molecule is CN(C)CC(=O)C(C=O)c1ccccc1. The van der Waals surface area contributed by atoms with E-state index in [1.165, 1.54) is 0 Å². The van der Waals surface area contributed by atoms with E-state index in [0.29, 0.717) is 6.29 Å². The molecule has 0 aliphatic rings. The van der Waals surface area contributed by atoms with Crippen LogP contribution in [-0.4, -0.2) is 37.6 Å². The van der Waals surface area contributed by atoms with Crippen molar-refractivity contribution < 1.29 is 9.59 Å². The van der Waals surface area contributed by atoms with E-state index in [1.54, 1.807) is 17.0 Å². The molecule has 0 aliphatic heterocycles. The van der Waals surface area contributed by atoms with Gasteiger partial charge in [0.15, 0.2) is 5.78 Å². The Balaban J connectivity index is 2.81. The van der Waals surface area contributed by atoms with Crippen LogP contribution in [0.15, 0.2) is 30.3 Å². The Kier molecular flexibility index (Phi) is 4.18. The van der Waals surface area contributed by atoms with E-state index in [9.17, 15) is 9.59 Å². The van der Waals surface area contributed by atoms with Crippen LogP contribution in [0.3, 0.4) is 0 Å². The summed E-state index contributed by atoms with van der Waals surface area (Å²) in [6, 6.07) is 9.12. The van der Waals surface area contributed by atoms with E-state index in [4.69, 9.17) is 0 Å². The maximum Gasteiger partial charge on any atom is 0.161 e. The van der Waals surface area contributed by atoms with E-state index < -0.39 is 5.92 Å². The molecule has 0 radical (unpaired) electrons. The quantitative estimate of drug-likeness (QED) is 0.533. The molecule has 0 fully saturated rings. The first-order valence-corrected chi connectivity index (χ1v) is 4.83. The van der Waals surface area contributed by atoms with Gasteiger partial charge in [-0.05, 0) is 19.7 Å². The molecule has 0 bridgehead atoms. The van der Waals surface area contributed by atoms with Crippen LogP contribution in [0.25, 0.3) is 0 Å². The van der Waals surface area contributed by atoms with Gasteiger partial charge in [0.1, 0.15) is 6.29 Å². The second-order valence-corrected chi connectivity index (χ2v) is 3.73. The number of Topliss-reactive ketones (excluding diaryl/α,β-unsaturated/α-hetero) is 1. The third-order valence-corrected chi connectivity index (χ3v) is 2.11. The number of nitrogens with zero attached hydrogens (tertiary/aromatic N) is 1. The van der Waals surface area contributed by atoms with Crippen molar-refractivity contribution in [2.45, 2.75) is 5.92 Å². The van der Waals surface area contributed by atoms with Gasteiger partial charge in [-0.2, -0.15) is 0 Å². The highest BCUT2D eigenvalue weighted by molar-refractivity contribution is 6.00. The summed E-state index contributed by atoms with van der Waals surface area (Å²) in [4.78, 5) is 24.4. The standard InChI is InChI=1S/C12H15NO2/c1-13(2)8-12(15)11(9-14)10-6-4-3-5-7-10/h3-7,9,11H,8H2,1-2H3. The average Bonchev–Trinajstić information content (AvgIpc) is 2.19. The van der Waals surface area contributed by atoms with Crippen LogP contribution in [0.4, 0.5) is 0 Å². The maximum absolute atomic E-state index is 11.7. The minimum Gasteiger partial charge on any atom is -0.302 e. The number of ketones is 1. The van der Waals surface area contributed by atoms with Crippen molar-refractivity contribution in [3.8, 4) is 0 Å². The third-order valence-electron chi connectivity index (χ3n) is 2.11. The summed E-state index contributed by atoms with van der Waals surface area (Å²) in [6.07, 6.45) is 0.709. The highest BCUT2D eigenvalue weighted by Gasteiger charge is 2.19. The third kappa shape index (κ3) is 3.29. The summed E-state index contributed by atoms with van der Waals surface area (Å²) in [7, 11) is 3.62. The van der Waals surface area contributed by atoms with Gasteiger partial charge in [0, 0.05) is 0 Å². The first kappa shape index (κ1) is 11.6. The lowest BCUT2D eigenvalue weighted by molar-refractivity contribution is -0.124. The van der Waals surface area contributed by atoms with E-state index in [2.05, 4.69) is 0 Å². The Labute approximate surface area is 89.7 Å². The Morgan fingerprint density at radius 1 is 1.33 bits per heavy atom. The average molecular weight is 205 g/mol. The molecule has 0 saturated heterocycles. The molecule has 15 heavy (non-hydrogen) atoms. The second-order valence-electron chi connectivity index (χ2n) is 3.73. The zero-order valence-corrected chi connectivity index (χ0v) is 9.01. The lowest BCUT2D eigenvalue weighted by Gasteiger charge is -2.13. The second kappa shape index (κ2) is 5.41. The van der Waals surface area contributed by atoms with E-state index in [0.717, 1.165) is 5.56 Å². The summed E-state index contributed by atoms with van der Waals surface area (Å²) in [5, 5.41) is 0. The van der Waals surface area contributed by atoms with Gasteiger partial charge in [0.05, 0.1) is 12.5 Å². The molecule has 1 rings (SSSR count). The molecule has 0 N–H and O–H groups in total. The zero-order chi connectivity index (χ0) is 11.3. The summed E-state index contributed by atoms with van der Waals surface area (Å²) in [5.41, 5.74) is 0.763. The summed E-state index contributed by atoms with van der Waals surface area (Å²) in [6.45, 7) is 0.290. The van der Waals surface area contributed by atoms with Crippen molar-refractivity contribution in [1.29, 1.82) is 0 Å². The molecule has 0 aliphatic carbocycles. The number of likely N-dealkylation sites (N-methyl/N-ethyl adjacent to an activating group) is 1. The fourth-order valence-corrected chi connectivity index (χ4v) is 1.41. The van der Waals surface area contributed by atoms with Crippen LogP contribution in [-0.2, 0) is 9.59 Å². The highest BCUT2D eigenvalue weighted by atomic mass is 16.1. The van der Waals surface area contributed by atoms with E-state index in [1.807, 2.05) is 32.3 Å². The van der Waals surface area contributed by atoms with E-state index >= 15 is 0 Å². The van der Waals surface area contributed by atoms with Crippen molar-refractivity contribution in [2.24, 2.45) is 0 Å². The topological polar surface area (TPSA) is 37.4 Å². The van der Waals surface area contributed by atoms with Crippen molar-refractivity contribution in [3.05, 3.63) is 35.9 Å². The van der Waals surface area contributed by atoms with Crippen LogP contribution < -0.4 is 0 Å². The molecule has 1 aromatic rings. The Morgan fingerprint density at radius 3 is 2.40 bits per heavy atom. The number of carbonyl (C=O) groups is 2. The molecular formula is C12H15NO2. The fourth-order valence-electron chi connectivity index (χ4n) is 1.41. The summed E-state index contributed by atoms with van der Waals surface area (Å²) < 4.78 is 0. The van der Waals surface area contributed by atoms with Gasteiger partial charge in [0.2, 0.25) is 0 Å². The number of hydrogen-bond acceptors (Lipinski definition) is 3. The van der Waals surface area contributed by atoms with Crippen LogP contribution in [0, 0.1) is 0 Å². The van der Waals surface area contributed by atoms with Gasteiger partial charge in [-0.1, -0.05) is 30.3 Å². The monoisotopic (exact) mass is 205 g/mol. The molecular weight excluding hydrogens is 190 g/mol. The highest BCUT2D eigenvalue weighted by Crippen LogP contribution is 2.14. The van der Waals surface area contributed by atoms with Crippen molar-refractivity contribution in [2.75, 3.05) is 20.6 Å². The Morgan fingerprint density at radius 2 is 1.93 bits per heavy atom. The van der Waals surface area contributed by atoms with Crippen molar-refractivity contribution in [3.63, 3.8) is 0 Å². The molecule has 1 aromatic carbocycles. The summed E-state index contributed by atoms with van der Waals surface area (Å²) in [5.74, 6) is -0.699. The molecule has 1 atom stereocenters. The normalized spacial score (nSPS) is 12.5. The largest absolute Gasteiger partial charge is 0.302 e. The molecule has 0 amide bonds. The first-order chi connectivity index (χ1) is 7.15. The smallest absolute Gasteiger partial charge is 0.161 e. The molecule has 0 spiro atoms. The Hall–Kier alpha value is -1.48. The lowest BCUT2D eigenvalue weighted by atomic mass is 9.96. The van der Waals surface area contributed by atoms with Gasteiger partial charge in [0.25, 0.3) is 0 Å². The number of hydrogen-bond donors (Lipinski definition) is 0. The molecule has 0 heterocycles. The zero-order valence-electron chi connectivity index (χ0n) is 9.01. The van der Waals surface area contributed by atoms with E-state index in [-0.39, 0.29) is 12.3 Å². The molecule has 0 aromatic heterocycles. The van der Waals surface area contributed by atoms with Gasteiger partial charge >= 0.3 is 0 Å². The molecule has 1 unspecified atom stereocenters. The lowest BCUT2D eigenvalue weighted by Crippen LogP contribution is -2.27. The van der Waals surface area contributed by atoms with Crippen LogP contribution in [0.5, 0.6) is 0 Å².